The van der Waals surface area contributed by atoms with Crippen LogP contribution in [0.15, 0.2) is 36.9 Å². The Labute approximate surface area is 97.9 Å². The minimum atomic E-state index is 0.230. The van der Waals surface area contributed by atoms with Crippen molar-refractivity contribution in [2.75, 3.05) is 13.1 Å². The highest BCUT2D eigenvalue weighted by molar-refractivity contribution is 5.15. The normalized spacial score (nSPS) is 17.8. The number of allylic oxidation sites excluding steroid dienone is 3. The first-order chi connectivity index (χ1) is 7.86. The summed E-state index contributed by atoms with van der Waals surface area (Å²) in [5.41, 5.74) is 0. The van der Waals surface area contributed by atoms with Crippen LogP contribution in [0.25, 0.3) is 0 Å². The lowest BCUT2D eigenvalue weighted by atomic mass is 10.1. The standard InChI is InChI=1S/C11H16FNO.C2H6/c1-2-10(4-3-7-12)14-11-5-8-13-9-6-11;1-2/h2-4,7,11,13H,1,5-6,8-9H2;1-2H3/b7-3+,10-4+;. The van der Waals surface area contributed by atoms with Crippen LogP contribution in [-0.2, 0) is 4.74 Å². The maximum Gasteiger partial charge on any atom is 0.119 e. The van der Waals surface area contributed by atoms with Crippen LogP contribution in [0, 0.1) is 0 Å². The summed E-state index contributed by atoms with van der Waals surface area (Å²) < 4.78 is 17.4. The molecule has 92 valence electrons. The van der Waals surface area contributed by atoms with E-state index in [1.807, 2.05) is 13.8 Å². The van der Waals surface area contributed by atoms with Crippen LogP contribution in [0.3, 0.4) is 0 Å². The summed E-state index contributed by atoms with van der Waals surface area (Å²) in [6, 6.07) is 0. The number of nitrogens with one attached hydrogen (secondary N) is 1. The monoisotopic (exact) mass is 227 g/mol. The number of piperidine rings is 1. The van der Waals surface area contributed by atoms with E-state index in [1.54, 1.807) is 12.2 Å². The summed E-state index contributed by atoms with van der Waals surface area (Å²) in [6.45, 7) is 9.57. The largest absolute Gasteiger partial charge is 0.490 e. The predicted octanol–water partition coefficient (Wildman–Crippen LogP) is 3.33. The Balaban J connectivity index is 0.00000106. The minimum absolute atomic E-state index is 0.230. The molecule has 1 fully saturated rings. The van der Waals surface area contributed by atoms with Crippen molar-refractivity contribution < 1.29 is 9.13 Å². The smallest absolute Gasteiger partial charge is 0.119 e. The Morgan fingerprint density at radius 3 is 2.50 bits per heavy atom. The van der Waals surface area contributed by atoms with Gasteiger partial charge < -0.3 is 10.1 Å². The molecule has 0 saturated carbocycles. The summed E-state index contributed by atoms with van der Waals surface area (Å²) in [4.78, 5) is 0. The van der Waals surface area contributed by atoms with Crippen LogP contribution in [0.5, 0.6) is 0 Å². The maximum atomic E-state index is 11.7. The number of halogens is 1. The van der Waals surface area contributed by atoms with E-state index in [-0.39, 0.29) is 6.10 Å². The lowest BCUT2D eigenvalue weighted by Gasteiger charge is -2.24. The molecular weight excluding hydrogens is 205 g/mol. The molecular formula is C13H22FNO. The Bertz CT molecular complexity index is 230. The van der Waals surface area contributed by atoms with Crippen LogP contribution >= 0.6 is 0 Å². The molecule has 0 aromatic rings. The quantitative estimate of drug-likeness (QED) is 0.587. The zero-order valence-corrected chi connectivity index (χ0v) is 10.2. The number of ether oxygens (including phenoxy) is 1. The average molecular weight is 227 g/mol. The van der Waals surface area contributed by atoms with E-state index >= 15 is 0 Å². The fourth-order valence-corrected chi connectivity index (χ4v) is 1.39. The van der Waals surface area contributed by atoms with Gasteiger partial charge in [-0.1, -0.05) is 20.4 Å². The highest BCUT2D eigenvalue weighted by Gasteiger charge is 2.13. The van der Waals surface area contributed by atoms with E-state index in [1.165, 1.54) is 6.08 Å². The van der Waals surface area contributed by atoms with Gasteiger partial charge in [-0.2, -0.15) is 0 Å². The number of hydrogen-bond acceptors (Lipinski definition) is 2. The van der Waals surface area contributed by atoms with Crippen molar-refractivity contribution in [2.24, 2.45) is 0 Å². The van der Waals surface area contributed by atoms with Crippen LogP contribution < -0.4 is 5.32 Å². The molecule has 1 N–H and O–H groups in total. The first-order valence-electron chi connectivity index (χ1n) is 5.83. The molecule has 0 bridgehead atoms. The molecule has 0 spiro atoms. The van der Waals surface area contributed by atoms with Crippen LogP contribution in [0.1, 0.15) is 26.7 Å². The molecule has 0 radical (unpaired) electrons. The predicted molar refractivity (Wildman–Crippen MR) is 66.9 cm³/mol. The van der Waals surface area contributed by atoms with Gasteiger partial charge in [0.1, 0.15) is 11.9 Å². The van der Waals surface area contributed by atoms with Gasteiger partial charge in [0, 0.05) is 0 Å². The zero-order chi connectivity index (χ0) is 12.2. The van der Waals surface area contributed by atoms with E-state index in [2.05, 4.69) is 11.9 Å². The summed E-state index contributed by atoms with van der Waals surface area (Å²) in [6.07, 6.45) is 7.17. The number of hydrogen-bond donors (Lipinski definition) is 1. The summed E-state index contributed by atoms with van der Waals surface area (Å²) in [5.74, 6) is 0.630. The van der Waals surface area contributed by atoms with Gasteiger partial charge in [-0.05, 0) is 44.2 Å². The second-order valence-electron chi connectivity index (χ2n) is 3.16. The highest BCUT2D eigenvalue weighted by atomic mass is 19.1. The minimum Gasteiger partial charge on any atom is -0.490 e. The van der Waals surface area contributed by atoms with E-state index in [9.17, 15) is 4.39 Å². The zero-order valence-electron chi connectivity index (χ0n) is 10.2. The summed E-state index contributed by atoms with van der Waals surface area (Å²) in [5, 5.41) is 3.25. The third-order valence-electron chi connectivity index (χ3n) is 2.12. The lowest BCUT2D eigenvalue weighted by molar-refractivity contribution is 0.0961. The van der Waals surface area contributed by atoms with Gasteiger partial charge in [0.15, 0.2) is 0 Å². The molecule has 1 aliphatic heterocycles. The van der Waals surface area contributed by atoms with Gasteiger partial charge in [0.25, 0.3) is 0 Å². The van der Waals surface area contributed by atoms with Gasteiger partial charge in [-0.3, -0.25) is 0 Å². The summed E-state index contributed by atoms with van der Waals surface area (Å²) in [7, 11) is 0. The molecule has 1 heterocycles. The molecule has 0 atom stereocenters. The Morgan fingerprint density at radius 1 is 1.38 bits per heavy atom. The maximum absolute atomic E-state index is 11.7. The van der Waals surface area contributed by atoms with Crippen molar-refractivity contribution in [1.29, 1.82) is 0 Å². The summed E-state index contributed by atoms with van der Waals surface area (Å²) >= 11 is 0. The molecule has 1 rings (SSSR count). The highest BCUT2D eigenvalue weighted by Crippen LogP contribution is 2.12. The Hall–Kier alpha value is -1.09. The molecule has 1 saturated heterocycles. The molecule has 3 heteroatoms. The Kier molecular flexibility index (Phi) is 9.72. The van der Waals surface area contributed by atoms with Crippen molar-refractivity contribution in [3.05, 3.63) is 36.9 Å². The average Bonchev–Trinajstić information content (AvgIpc) is 2.38. The van der Waals surface area contributed by atoms with Gasteiger partial charge in [0.05, 0.1) is 6.33 Å². The van der Waals surface area contributed by atoms with Gasteiger partial charge in [-0.25, -0.2) is 4.39 Å². The lowest BCUT2D eigenvalue weighted by Crippen LogP contribution is -2.32. The molecule has 0 aliphatic carbocycles. The Morgan fingerprint density at radius 2 is 2.00 bits per heavy atom. The van der Waals surface area contributed by atoms with Crippen LogP contribution in [-0.4, -0.2) is 19.2 Å². The third-order valence-corrected chi connectivity index (χ3v) is 2.12. The fourth-order valence-electron chi connectivity index (χ4n) is 1.39. The van der Waals surface area contributed by atoms with Gasteiger partial charge in [0.2, 0.25) is 0 Å². The van der Waals surface area contributed by atoms with Gasteiger partial charge in [-0.15, -0.1) is 0 Å². The van der Waals surface area contributed by atoms with E-state index in [0.717, 1.165) is 25.9 Å². The van der Waals surface area contributed by atoms with Crippen molar-refractivity contribution in [1.82, 2.24) is 5.32 Å². The second-order valence-corrected chi connectivity index (χ2v) is 3.16. The SMILES string of the molecule is C=C/C(=C\C=C\F)OC1CCNCC1.CC. The van der Waals surface area contributed by atoms with Crippen molar-refractivity contribution in [3.8, 4) is 0 Å². The first-order valence-corrected chi connectivity index (χ1v) is 5.83. The van der Waals surface area contributed by atoms with E-state index in [4.69, 9.17) is 4.74 Å². The van der Waals surface area contributed by atoms with E-state index in [0.29, 0.717) is 12.1 Å². The van der Waals surface area contributed by atoms with Crippen molar-refractivity contribution in [3.63, 3.8) is 0 Å². The topological polar surface area (TPSA) is 21.3 Å². The fraction of sp³-hybridized carbons (Fsp3) is 0.538. The van der Waals surface area contributed by atoms with Crippen molar-refractivity contribution >= 4 is 0 Å². The molecule has 0 aromatic carbocycles. The molecule has 0 aromatic heterocycles. The third kappa shape index (κ3) is 6.40. The second kappa shape index (κ2) is 10.4. The molecule has 16 heavy (non-hydrogen) atoms. The molecule has 0 amide bonds. The van der Waals surface area contributed by atoms with Crippen LogP contribution in [0.2, 0.25) is 0 Å². The molecule has 1 aliphatic rings. The van der Waals surface area contributed by atoms with Crippen molar-refractivity contribution in [2.45, 2.75) is 32.8 Å². The molecule has 2 nitrogen and oxygen atoms in total. The molecule has 0 unspecified atom stereocenters. The van der Waals surface area contributed by atoms with E-state index < -0.39 is 0 Å². The number of rotatable bonds is 4. The van der Waals surface area contributed by atoms with Gasteiger partial charge >= 0.3 is 0 Å². The van der Waals surface area contributed by atoms with Crippen LogP contribution in [0.4, 0.5) is 4.39 Å². The first kappa shape index (κ1) is 14.9.